The monoisotopic (exact) mass is 303 g/mol. The van der Waals surface area contributed by atoms with Crippen molar-refractivity contribution in [3.63, 3.8) is 0 Å². The molecule has 0 unspecified atom stereocenters. The SMILES string of the molecule is CN(CCC(C)(C)C)c1ncc2c(n1)c(C(C)(C)C)nn2C. The molecule has 0 bridgehead atoms. The van der Waals surface area contributed by atoms with E-state index in [1.54, 1.807) is 0 Å². The Hall–Kier alpha value is -1.65. The van der Waals surface area contributed by atoms with Gasteiger partial charge < -0.3 is 4.90 Å². The first-order valence-corrected chi connectivity index (χ1v) is 7.90. The quantitative estimate of drug-likeness (QED) is 0.870. The summed E-state index contributed by atoms with van der Waals surface area (Å²) in [6.07, 6.45) is 2.98. The molecule has 2 rings (SSSR count). The molecule has 2 aromatic rings. The molecule has 0 saturated heterocycles. The average molecular weight is 303 g/mol. The van der Waals surface area contributed by atoms with Crippen molar-refractivity contribution < 1.29 is 0 Å². The Bertz CT molecular complexity index is 658. The van der Waals surface area contributed by atoms with Crippen LogP contribution in [0.5, 0.6) is 0 Å². The summed E-state index contributed by atoms with van der Waals surface area (Å²) in [6, 6.07) is 0. The van der Waals surface area contributed by atoms with Crippen molar-refractivity contribution in [2.75, 3.05) is 18.5 Å². The zero-order valence-corrected chi connectivity index (χ0v) is 15.2. The van der Waals surface area contributed by atoms with Crippen LogP contribution in [0, 0.1) is 5.41 Å². The van der Waals surface area contributed by atoms with Crippen molar-refractivity contribution in [3.05, 3.63) is 11.9 Å². The van der Waals surface area contributed by atoms with E-state index >= 15 is 0 Å². The fourth-order valence-electron chi connectivity index (χ4n) is 2.32. The van der Waals surface area contributed by atoms with Crippen molar-refractivity contribution in [2.45, 2.75) is 53.4 Å². The molecular formula is C17H29N5. The van der Waals surface area contributed by atoms with E-state index in [9.17, 15) is 0 Å². The Morgan fingerprint density at radius 2 is 1.77 bits per heavy atom. The molecule has 0 spiro atoms. The van der Waals surface area contributed by atoms with Gasteiger partial charge in [-0.05, 0) is 11.8 Å². The molecule has 0 atom stereocenters. The van der Waals surface area contributed by atoms with Crippen molar-refractivity contribution in [3.8, 4) is 0 Å². The molecule has 5 heteroatoms. The number of anilines is 1. The minimum atomic E-state index is -0.0326. The number of hydrogen-bond acceptors (Lipinski definition) is 4. The Morgan fingerprint density at radius 3 is 2.32 bits per heavy atom. The lowest BCUT2D eigenvalue weighted by atomic mass is 9.91. The maximum absolute atomic E-state index is 4.79. The summed E-state index contributed by atoms with van der Waals surface area (Å²) in [6.45, 7) is 14.2. The molecule has 0 fully saturated rings. The Labute approximate surface area is 133 Å². The zero-order chi connectivity index (χ0) is 16.7. The maximum atomic E-state index is 4.79. The molecule has 0 N–H and O–H groups in total. The molecule has 5 nitrogen and oxygen atoms in total. The number of rotatable bonds is 3. The molecule has 0 aliphatic heterocycles. The third-order valence-corrected chi connectivity index (χ3v) is 3.83. The van der Waals surface area contributed by atoms with Gasteiger partial charge in [-0.3, -0.25) is 4.68 Å². The highest BCUT2D eigenvalue weighted by Gasteiger charge is 2.24. The highest BCUT2D eigenvalue weighted by molar-refractivity contribution is 5.79. The lowest BCUT2D eigenvalue weighted by molar-refractivity contribution is 0.381. The van der Waals surface area contributed by atoms with Crippen molar-refractivity contribution >= 4 is 17.0 Å². The summed E-state index contributed by atoms with van der Waals surface area (Å²) < 4.78 is 1.87. The van der Waals surface area contributed by atoms with Gasteiger partial charge in [0.1, 0.15) is 11.0 Å². The first-order chi connectivity index (χ1) is 9.99. The molecule has 0 aliphatic carbocycles. The highest BCUT2D eigenvalue weighted by Crippen LogP contribution is 2.28. The molecular weight excluding hydrogens is 274 g/mol. The van der Waals surface area contributed by atoms with Gasteiger partial charge in [-0.15, -0.1) is 0 Å². The topological polar surface area (TPSA) is 46.8 Å². The number of nitrogens with zero attached hydrogens (tertiary/aromatic N) is 5. The van der Waals surface area contributed by atoms with Gasteiger partial charge in [0.25, 0.3) is 0 Å². The van der Waals surface area contributed by atoms with Crippen molar-refractivity contribution in [2.24, 2.45) is 12.5 Å². The van der Waals surface area contributed by atoms with Crippen LogP contribution in [-0.2, 0) is 12.5 Å². The lowest BCUT2D eigenvalue weighted by Crippen LogP contribution is -2.25. The van der Waals surface area contributed by atoms with Crippen LogP contribution in [0.1, 0.15) is 53.7 Å². The summed E-state index contributed by atoms with van der Waals surface area (Å²) in [4.78, 5) is 11.4. The van der Waals surface area contributed by atoms with Gasteiger partial charge in [0.2, 0.25) is 5.95 Å². The van der Waals surface area contributed by atoms with E-state index in [1.807, 2.05) is 17.9 Å². The maximum Gasteiger partial charge on any atom is 0.225 e. The summed E-state index contributed by atoms with van der Waals surface area (Å²) in [5.74, 6) is 0.773. The van der Waals surface area contributed by atoms with Gasteiger partial charge in [-0.2, -0.15) is 5.10 Å². The Balaban J connectivity index is 2.37. The van der Waals surface area contributed by atoms with Crippen LogP contribution in [-0.4, -0.2) is 33.3 Å². The van der Waals surface area contributed by atoms with Crippen LogP contribution in [0.4, 0.5) is 5.95 Å². The first kappa shape index (κ1) is 16.7. The smallest absolute Gasteiger partial charge is 0.225 e. The van der Waals surface area contributed by atoms with E-state index in [2.05, 4.69) is 63.6 Å². The Morgan fingerprint density at radius 1 is 1.14 bits per heavy atom. The molecule has 2 heterocycles. The third-order valence-electron chi connectivity index (χ3n) is 3.83. The van der Waals surface area contributed by atoms with Gasteiger partial charge in [-0.1, -0.05) is 41.5 Å². The number of fused-ring (bicyclic) bond motifs is 1. The zero-order valence-electron chi connectivity index (χ0n) is 15.2. The van der Waals surface area contributed by atoms with Crippen LogP contribution in [0.3, 0.4) is 0 Å². The van der Waals surface area contributed by atoms with Gasteiger partial charge >= 0.3 is 0 Å². The lowest BCUT2D eigenvalue weighted by Gasteiger charge is -2.23. The summed E-state index contributed by atoms with van der Waals surface area (Å²) in [7, 11) is 4.00. The fraction of sp³-hybridized carbons (Fsp3) is 0.706. The second-order valence-electron chi connectivity index (χ2n) is 8.36. The van der Waals surface area contributed by atoms with Crippen LogP contribution >= 0.6 is 0 Å². The number of hydrogen-bond donors (Lipinski definition) is 0. The molecule has 0 radical (unpaired) electrons. The van der Waals surface area contributed by atoms with E-state index in [0.29, 0.717) is 5.41 Å². The Kier molecular flexibility index (Phi) is 4.20. The van der Waals surface area contributed by atoms with Crippen molar-refractivity contribution in [1.82, 2.24) is 19.7 Å². The predicted octanol–water partition coefficient (Wildman–Crippen LogP) is 3.53. The normalized spacial score (nSPS) is 12.9. The van der Waals surface area contributed by atoms with E-state index in [0.717, 1.165) is 35.6 Å². The standard InChI is InChI=1S/C17H29N5/c1-16(2,3)9-10-21(7)15-18-11-12-13(19-15)14(17(4,5)6)20-22(12)8/h11H,9-10H2,1-8H3. The molecule has 0 aromatic carbocycles. The largest absolute Gasteiger partial charge is 0.344 e. The van der Waals surface area contributed by atoms with Crippen LogP contribution in [0.2, 0.25) is 0 Å². The van der Waals surface area contributed by atoms with E-state index < -0.39 is 0 Å². The van der Waals surface area contributed by atoms with Crippen LogP contribution < -0.4 is 4.90 Å². The minimum Gasteiger partial charge on any atom is -0.344 e. The van der Waals surface area contributed by atoms with E-state index in [1.165, 1.54) is 0 Å². The molecule has 0 amide bonds. The minimum absolute atomic E-state index is 0.0326. The first-order valence-electron chi connectivity index (χ1n) is 7.90. The summed E-state index contributed by atoms with van der Waals surface area (Å²) in [5.41, 5.74) is 3.25. The summed E-state index contributed by atoms with van der Waals surface area (Å²) >= 11 is 0. The van der Waals surface area contributed by atoms with Gasteiger partial charge in [0, 0.05) is 26.1 Å². The predicted molar refractivity (Wildman–Crippen MR) is 92.3 cm³/mol. The second kappa shape index (κ2) is 5.52. The molecule has 2 aromatic heterocycles. The highest BCUT2D eigenvalue weighted by atomic mass is 15.3. The molecule has 0 aliphatic rings. The molecule has 22 heavy (non-hydrogen) atoms. The van der Waals surface area contributed by atoms with Crippen LogP contribution in [0.15, 0.2) is 6.20 Å². The van der Waals surface area contributed by atoms with Crippen LogP contribution in [0.25, 0.3) is 11.0 Å². The van der Waals surface area contributed by atoms with E-state index in [-0.39, 0.29) is 5.41 Å². The third kappa shape index (κ3) is 3.57. The fourth-order valence-corrected chi connectivity index (χ4v) is 2.32. The number of aryl methyl sites for hydroxylation is 1. The molecule has 0 saturated carbocycles. The second-order valence-corrected chi connectivity index (χ2v) is 8.36. The van der Waals surface area contributed by atoms with Crippen molar-refractivity contribution in [1.29, 1.82) is 0 Å². The average Bonchev–Trinajstić information content (AvgIpc) is 2.72. The van der Waals surface area contributed by atoms with Gasteiger partial charge in [0.05, 0.1) is 11.9 Å². The van der Waals surface area contributed by atoms with Gasteiger partial charge in [-0.25, -0.2) is 9.97 Å². The van der Waals surface area contributed by atoms with E-state index in [4.69, 9.17) is 4.98 Å². The van der Waals surface area contributed by atoms with Gasteiger partial charge in [0.15, 0.2) is 0 Å². The molecule has 122 valence electrons. The number of aromatic nitrogens is 4. The summed E-state index contributed by atoms with van der Waals surface area (Å²) in [5, 5.41) is 4.64.